The second-order valence-corrected chi connectivity index (χ2v) is 9.44. The average molecular weight is 507 g/mol. The number of alkyl halides is 3. The summed E-state index contributed by atoms with van der Waals surface area (Å²) in [5.74, 6) is -1.45. The van der Waals surface area contributed by atoms with Crippen molar-refractivity contribution in [3.05, 3.63) is 52.6 Å². The van der Waals surface area contributed by atoms with Crippen LogP contribution in [0.25, 0.3) is 11.0 Å². The topological polar surface area (TPSA) is 104 Å². The van der Waals surface area contributed by atoms with Crippen LogP contribution in [0.1, 0.15) is 58.8 Å². The van der Waals surface area contributed by atoms with Crippen molar-refractivity contribution in [2.75, 3.05) is 18.8 Å². The lowest BCUT2D eigenvalue weighted by Gasteiger charge is -2.33. The highest BCUT2D eigenvalue weighted by Crippen LogP contribution is 2.39. The molecule has 1 aliphatic heterocycles. The number of aliphatic hydroxyl groups excluding tert-OH is 1. The largest absolute Gasteiger partial charge is 0.573 e. The van der Waals surface area contributed by atoms with Crippen molar-refractivity contribution in [2.45, 2.75) is 56.9 Å². The zero-order valence-corrected chi connectivity index (χ0v) is 19.4. The Morgan fingerprint density at radius 2 is 1.97 bits per heavy atom. The van der Waals surface area contributed by atoms with Gasteiger partial charge in [0.2, 0.25) is 0 Å². The molecule has 1 amide bonds. The molecule has 2 aliphatic rings. The number of carbonyl (C=O) groups is 1. The first-order valence-corrected chi connectivity index (χ1v) is 11.9. The fourth-order valence-electron chi connectivity index (χ4n) is 5.44. The van der Waals surface area contributed by atoms with Crippen LogP contribution in [0.5, 0.6) is 5.75 Å². The molecule has 0 bridgehead atoms. The van der Waals surface area contributed by atoms with Gasteiger partial charge in [0.15, 0.2) is 0 Å². The molecule has 192 valence electrons. The van der Waals surface area contributed by atoms with Crippen LogP contribution in [0, 0.1) is 5.82 Å². The molecule has 4 N–H and O–H groups in total. The Morgan fingerprint density at radius 1 is 1.22 bits per heavy atom. The van der Waals surface area contributed by atoms with E-state index in [0.717, 1.165) is 41.6 Å². The van der Waals surface area contributed by atoms with E-state index in [2.05, 4.69) is 14.7 Å². The van der Waals surface area contributed by atoms with Crippen LogP contribution in [0.15, 0.2) is 24.4 Å². The third kappa shape index (κ3) is 4.71. The summed E-state index contributed by atoms with van der Waals surface area (Å²) in [5, 5.41) is 11.1. The predicted molar refractivity (Wildman–Crippen MR) is 124 cm³/mol. The maximum atomic E-state index is 15.2. The van der Waals surface area contributed by atoms with Gasteiger partial charge in [0.1, 0.15) is 17.2 Å². The van der Waals surface area contributed by atoms with Crippen LogP contribution in [0.4, 0.5) is 23.2 Å². The summed E-state index contributed by atoms with van der Waals surface area (Å²) < 4.78 is 56.4. The number of rotatable bonds is 3. The first-order valence-electron chi connectivity index (χ1n) is 11.9. The molecule has 0 spiro atoms. The van der Waals surface area contributed by atoms with Gasteiger partial charge < -0.3 is 25.5 Å². The van der Waals surface area contributed by atoms with Crippen molar-refractivity contribution in [1.82, 2.24) is 14.9 Å². The van der Waals surface area contributed by atoms with Crippen molar-refractivity contribution in [3.63, 3.8) is 0 Å². The molecule has 1 aliphatic carbocycles. The van der Waals surface area contributed by atoms with E-state index in [1.165, 1.54) is 12.3 Å². The van der Waals surface area contributed by atoms with E-state index in [1.54, 1.807) is 4.90 Å². The molecular formula is C25H26F4N4O3. The van der Waals surface area contributed by atoms with Crippen molar-refractivity contribution < 1.29 is 32.2 Å². The number of aliphatic hydroxyl groups is 1. The van der Waals surface area contributed by atoms with Crippen molar-refractivity contribution >= 4 is 22.6 Å². The molecule has 5 rings (SSSR count). The molecule has 2 aromatic heterocycles. The van der Waals surface area contributed by atoms with Crippen LogP contribution in [0.3, 0.4) is 0 Å². The summed E-state index contributed by atoms with van der Waals surface area (Å²) in [6.07, 6.45) is -0.391. The van der Waals surface area contributed by atoms with Gasteiger partial charge in [-0.15, -0.1) is 13.2 Å². The van der Waals surface area contributed by atoms with E-state index in [1.807, 2.05) is 0 Å². The van der Waals surface area contributed by atoms with Crippen LogP contribution in [-0.4, -0.2) is 51.4 Å². The summed E-state index contributed by atoms with van der Waals surface area (Å²) in [7, 11) is 0. The molecule has 3 heterocycles. The predicted octanol–water partition coefficient (Wildman–Crippen LogP) is 4.44. The Balaban J connectivity index is 1.35. The number of aromatic amines is 1. The van der Waals surface area contributed by atoms with Crippen LogP contribution >= 0.6 is 0 Å². The fourth-order valence-corrected chi connectivity index (χ4v) is 5.44. The Hall–Kier alpha value is -3.34. The number of nitrogen functional groups attached to an aromatic ring is 1. The van der Waals surface area contributed by atoms with E-state index in [9.17, 15) is 23.1 Å². The first kappa shape index (κ1) is 24.4. The van der Waals surface area contributed by atoms with E-state index >= 15 is 4.39 Å². The number of hydrogen-bond donors (Lipinski definition) is 3. The molecule has 1 atom stereocenters. The lowest BCUT2D eigenvalue weighted by molar-refractivity contribution is -0.274. The molecule has 11 heteroatoms. The number of likely N-dealkylation sites (tertiary alicyclic amines) is 1. The number of aromatic nitrogens is 2. The summed E-state index contributed by atoms with van der Waals surface area (Å²) >= 11 is 0. The van der Waals surface area contributed by atoms with Crippen molar-refractivity contribution in [3.8, 4) is 5.75 Å². The zero-order valence-electron chi connectivity index (χ0n) is 19.4. The summed E-state index contributed by atoms with van der Waals surface area (Å²) in [5.41, 5.74) is 8.91. The average Bonchev–Trinajstić information content (AvgIpc) is 3.03. The smallest absolute Gasteiger partial charge is 0.406 e. The molecule has 1 saturated heterocycles. The number of carbonyl (C=O) groups excluding carboxylic acids is 1. The van der Waals surface area contributed by atoms with E-state index in [0.29, 0.717) is 50.0 Å². The fraction of sp³-hybridized carbons (Fsp3) is 0.440. The van der Waals surface area contributed by atoms with Gasteiger partial charge in [0.05, 0.1) is 17.9 Å². The van der Waals surface area contributed by atoms with Gasteiger partial charge in [-0.2, -0.15) is 0 Å². The molecule has 0 radical (unpaired) electrons. The highest BCUT2D eigenvalue weighted by Gasteiger charge is 2.33. The number of piperidine rings is 1. The van der Waals surface area contributed by atoms with E-state index in [4.69, 9.17) is 5.73 Å². The second kappa shape index (κ2) is 9.27. The third-order valence-corrected chi connectivity index (χ3v) is 7.09. The number of hydrogen-bond acceptors (Lipinski definition) is 5. The van der Waals surface area contributed by atoms with Crippen LogP contribution in [0.2, 0.25) is 0 Å². The number of H-pyrrole nitrogens is 1. The first-order chi connectivity index (χ1) is 17.1. The van der Waals surface area contributed by atoms with E-state index < -0.39 is 29.9 Å². The SMILES string of the molecule is Nc1cc(OC(F)(F)F)ccc1C(=O)N1CCC(c2c(F)cnc3[nH]c4c(c23)C[C@@H](O)CCC4)CC1. The number of benzene rings is 1. The number of aryl methyl sites for hydroxylation is 1. The third-order valence-electron chi connectivity index (χ3n) is 7.09. The Kier molecular flexibility index (Phi) is 6.27. The molecule has 0 unspecified atom stereocenters. The van der Waals surface area contributed by atoms with Gasteiger partial charge in [0, 0.05) is 47.9 Å². The number of amides is 1. The number of nitrogens with zero attached hydrogens (tertiary/aromatic N) is 2. The Bertz CT molecular complexity index is 1300. The summed E-state index contributed by atoms with van der Waals surface area (Å²) in [4.78, 5) is 22.2. The maximum absolute atomic E-state index is 15.2. The molecule has 3 aromatic rings. The van der Waals surface area contributed by atoms with Crippen LogP contribution < -0.4 is 10.5 Å². The van der Waals surface area contributed by atoms with Crippen LogP contribution in [-0.2, 0) is 12.8 Å². The van der Waals surface area contributed by atoms with Gasteiger partial charge in [-0.1, -0.05) is 0 Å². The minimum atomic E-state index is -4.86. The summed E-state index contributed by atoms with van der Waals surface area (Å²) in [6, 6.07) is 3.25. The van der Waals surface area contributed by atoms with Gasteiger partial charge >= 0.3 is 6.36 Å². The molecule has 1 aromatic carbocycles. The molecular weight excluding hydrogens is 480 g/mol. The lowest BCUT2D eigenvalue weighted by Crippen LogP contribution is -2.38. The molecule has 36 heavy (non-hydrogen) atoms. The normalized spacial score (nSPS) is 19.2. The maximum Gasteiger partial charge on any atom is 0.573 e. The number of anilines is 1. The van der Waals surface area contributed by atoms with Crippen molar-refractivity contribution in [2.24, 2.45) is 0 Å². The highest BCUT2D eigenvalue weighted by atomic mass is 19.4. The molecule has 1 fully saturated rings. The quantitative estimate of drug-likeness (QED) is 0.277. The number of fused-ring (bicyclic) bond motifs is 3. The Morgan fingerprint density at radius 3 is 2.67 bits per heavy atom. The van der Waals surface area contributed by atoms with Gasteiger partial charge in [0.25, 0.3) is 5.91 Å². The highest BCUT2D eigenvalue weighted by molar-refractivity contribution is 5.99. The van der Waals surface area contributed by atoms with Gasteiger partial charge in [-0.05, 0) is 55.7 Å². The number of ether oxygens (including phenoxy) is 1. The number of pyridine rings is 1. The molecule has 0 saturated carbocycles. The molecule has 7 nitrogen and oxygen atoms in total. The van der Waals surface area contributed by atoms with Gasteiger partial charge in [-0.25, -0.2) is 9.37 Å². The van der Waals surface area contributed by atoms with E-state index in [-0.39, 0.29) is 17.2 Å². The lowest BCUT2D eigenvalue weighted by atomic mass is 9.86. The standard InChI is InChI=1S/C25H26F4N4O3/c26-18-12-31-23-22(17-10-14(34)2-1-3-20(17)32-23)21(18)13-6-8-33(9-7-13)24(35)16-5-4-15(11-19(16)30)36-25(27,28)29/h4-5,11-14,34H,1-3,6-10,30H2,(H,31,32)/t14-/m0/s1. The number of halogens is 4. The minimum absolute atomic E-state index is 0.0883. The zero-order chi connectivity index (χ0) is 25.6. The second-order valence-electron chi connectivity index (χ2n) is 9.44. The van der Waals surface area contributed by atoms with Crippen molar-refractivity contribution in [1.29, 1.82) is 0 Å². The van der Waals surface area contributed by atoms with Gasteiger partial charge in [-0.3, -0.25) is 4.79 Å². The summed E-state index contributed by atoms with van der Waals surface area (Å²) in [6.45, 7) is 0.671. The number of nitrogens with one attached hydrogen (secondary N) is 1. The Labute approximate surface area is 204 Å². The number of nitrogens with two attached hydrogens (primary N) is 1. The monoisotopic (exact) mass is 506 g/mol. The minimum Gasteiger partial charge on any atom is -0.406 e.